The molecule has 6 nitrogen and oxygen atoms in total. The molecule has 6 heteroatoms. The van der Waals surface area contributed by atoms with E-state index in [0.29, 0.717) is 19.4 Å². The second kappa shape index (κ2) is 4.52. The molecule has 1 aliphatic rings. The lowest BCUT2D eigenvalue weighted by atomic mass is 9.97. The second-order valence-electron chi connectivity index (χ2n) is 5.29. The predicted molar refractivity (Wildman–Crippen MR) is 61.2 cm³/mol. The number of carbonyl (C=O) groups is 2. The molecule has 2 amide bonds. The van der Waals surface area contributed by atoms with E-state index >= 15 is 0 Å². The van der Waals surface area contributed by atoms with Crippen molar-refractivity contribution in [3.63, 3.8) is 0 Å². The average molecular weight is 244 g/mol. The summed E-state index contributed by atoms with van der Waals surface area (Å²) in [4.78, 5) is 24.6. The SMILES string of the molecule is CC(C)(C)OC(=O)N1CCCC1(CO)C(N)=O. The van der Waals surface area contributed by atoms with Crippen LogP contribution < -0.4 is 5.73 Å². The van der Waals surface area contributed by atoms with Gasteiger partial charge in [0.1, 0.15) is 11.1 Å². The van der Waals surface area contributed by atoms with Crippen molar-refractivity contribution in [2.24, 2.45) is 5.73 Å². The maximum absolute atomic E-state index is 11.9. The Hall–Kier alpha value is -1.30. The summed E-state index contributed by atoms with van der Waals surface area (Å²) < 4.78 is 5.20. The standard InChI is InChI=1S/C11H20N2O4/c1-10(2,3)17-9(16)13-6-4-5-11(13,7-14)8(12)15/h14H,4-7H2,1-3H3,(H2,12,15). The van der Waals surface area contributed by atoms with Crippen LogP contribution in [0, 0.1) is 0 Å². The molecule has 1 unspecified atom stereocenters. The normalized spacial score (nSPS) is 24.8. The van der Waals surface area contributed by atoms with Crippen molar-refractivity contribution in [3.8, 4) is 0 Å². The second-order valence-corrected chi connectivity index (χ2v) is 5.29. The van der Waals surface area contributed by atoms with Gasteiger partial charge < -0.3 is 15.6 Å². The van der Waals surface area contributed by atoms with Crippen LogP contribution in [0.1, 0.15) is 33.6 Å². The molecular formula is C11H20N2O4. The number of carbonyl (C=O) groups excluding carboxylic acids is 2. The van der Waals surface area contributed by atoms with Crippen LogP contribution in [0.15, 0.2) is 0 Å². The number of amides is 2. The molecule has 98 valence electrons. The van der Waals surface area contributed by atoms with Crippen molar-refractivity contribution in [1.29, 1.82) is 0 Å². The molecule has 0 spiro atoms. The first kappa shape index (κ1) is 13.8. The third-order valence-electron chi connectivity index (χ3n) is 2.82. The van der Waals surface area contributed by atoms with Gasteiger partial charge in [-0.1, -0.05) is 0 Å². The Labute approximate surface area is 101 Å². The lowest BCUT2D eigenvalue weighted by molar-refractivity contribution is -0.130. The Morgan fingerprint density at radius 1 is 1.47 bits per heavy atom. The molecule has 3 N–H and O–H groups in total. The minimum absolute atomic E-state index is 0.373. The van der Waals surface area contributed by atoms with Crippen molar-refractivity contribution in [2.75, 3.05) is 13.2 Å². The molecule has 1 atom stereocenters. The first-order chi connectivity index (χ1) is 7.73. The maximum Gasteiger partial charge on any atom is 0.411 e. The van der Waals surface area contributed by atoms with Crippen LogP contribution in [-0.2, 0) is 9.53 Å². The Bertz CT molecular complexity index is 324. The molecule has 0 bridgehead atoms. The summed E-state index contributed by atoms with van der Waals surface area (Å²) in [7, 11) is 0. The number of rotatable bonds is 2. The molecular weight excluding hydrogens is 224 g/mol. The van der Waals surface area contributed by atoms with E-state index in [-0.39, 0.29) is 0 Å². The highest BCUT2D eigenvalue weighted by atomic mass is 16.6. The lowest BCUT2D eigenvalue weighted by Crippen LogP contribution is -2.59. The smallest absolute Gasteiger partial charge is 0.411 e. The van der Waals surface area contributed by atoms with Gasteiger partial charge in [0.15, 0.2) is 0 Å². The Kier molecular flexibility index (Phi) is 3.66. The Morgan fingerprint density at radius 2 is 2.06 bits per heavy atom. The number of nitrogens with two attached hydrogens (primary N) is 1. The molecule has 0 saturated carbocycles. The molecule has 0 aliphatic carbocycles. The van der Waals surface area contributed by atoms with Crippen LogP contribution in [0.4, 0.5) is 4.79 Å². The van der Waals surface area contributed by atoms with E-state index in [1.54, 1.807) is 20.8 Å². The highest BCUT2D eigenvalue weighted by Gasteiger charge is 2.49. The van der Waals surface area contributed by atoms with E-state index in [2.05, 4.69) is 0 Å². The van der Waals surface area contributed by atoms with Crippen LogP contribution in [0.5, 0.6) is 0 Å². The lowest BCUT2D eigenvalue weighted by Gasteiger charge is -2.35. The van der Waals surface area contributed by atoms with Crippen molar-refractivity contribution in [1.82, 2.24) is 4.90 Å². The van der Waals surface area contributed by atoms with Gasteiger partial charge in [0.25, 0.3) is 0 Å². The fraction of sp³-hybridized carbons (Fsp3) is 0.818. The van der Waals surface area contributed by atoms with Gasteiger partial charge in [0.2, 0.25) is 5.91 Å². The van der Waals surface area contributed by atoms with Crippen LogP contribution in [0.2, 0.25) is 0 Å². The average Bonchev–Trinajstić information content (AvgIpc) is 2.59. The summed E-state index contributed by atoms with van der Waals surface area (Å²) >= 11 is 0. The first-order valence-electron chi connectivity index (χ1n) is 5.64. The molecule has 0 aromatic carbocycles. The molecule has 17 heavy (non-hydrogen) atoms. The topological polar surface area (TPSA) is 92.9 Å². The maximum atomic E-state index is 11.9. The number of nitrogens with zero attached hydrogens (tertiary/aromatic N) is 1. The molecule has 0 aromatic heterocycles. The van der Waals surface area contributed by atoms with Crippen LogP contribution in [0.3, 0.4) is 0 Å². The number of hydrogen-bond donors (Lipinski definition) is 2. The summed E-state index contributed by atoms with van der Waals surface area (Å²) in [6.07, 6.45) is 0.392. The number of aliphatic hydroxyl groups is 1. The fourth-order valence-corrected chi connectivity index (χ4v) is 1.96. The molecule has 1 saturated heterocycles. The van der Waals surface area contributed by atoms with E-state index in [0.717, 1.165) is 0 Å². The van der Waals surface area contributed by atoms with Gasteiger partial charge in [-0.2, -0.15) is 0 Å². The zero-order chi connectivity index (χ0) is 13.3. The summed E-state index contributed by atoms with van der Waals surface area (Å²) in [5.41, 5.74) is 3.34. The summed E-state index contributed by atoms with van der Waals surface area (Å²) in [5, 5.41) is 9.35. The zero-order valence-corrected chi connectivity index (χ0v) is 10.5. The number of ether oxygens (including phenoxy) is 1. The Morgan fingerprint density at radius 3 is 2.47 bits per heavy atom. The predicted octanol–water partition coefficient (Wildman–Crippen LogP) is 0.234. The summed E-state index contributed by atoms with van der Waals surface area (Å²) in [6.45, 7) is 5.13. The van der Waals surface area contributed by atoms with Gasteiger partial charge in [-0.05, 0) is 33.6 Å². The molecule has 0 aromatic rings. The zero-order valence-electron chi connectivity index (χ0n) is 10.5. The third-order valence-corrected chi connectivity index (χ3v) is 2.82. The van der Waals surface area contributed by atoms with Gasteiger partial charge in [0, 0.05) is 6.54 Å². The highest BCUT2D eigenvalue weighted by molar-refractivity contribution is 5.89. The van der Waals surface area contributed by atoms with Gasteiger partial charge in [0.05, 0.1) is 6.61 Å². The number of primary amides is 1. The summed E-state index contributed by atoms with van der Waals surface area (Å²) in [6, 6.07) is 0. The van der Waals surface area contributed by atoms with Crippen molar-refractivity contribution >= 4 is 12.0 Å². The minimum atomic E-state index is -1.30. The molecule has 1 aliphatic heterocycles. The number of aliphatic hydroxyl groups excluding tert-OH is 1. The van der Waals surface area contributed by atoms with Gasteiger partial charge in [-0.25, -0.2) is 4.79 Å². The molecule has 1 fully saturated rings. The van der Waals surface area contributed by atoms with Crippen LogP contribution in [-0.4, -0.2) is 46.3 Å². The van der Waals surface area contributed by atoms with Crippen molar-refractivity contribution < 1.29 is 19.4 Å². The largest absolute Gasteiger partial charge is 0.444 e. The quantitative estimate of drug-likeness (QED) is 0.727. The third kappa shape index (κ3) is 2.69. The number of hydrogen-bond acceptors (Lipinski definition) is 4. The number of likely N-dealkylation sites (tertiary alicyclic amines) is 1. The molecule has 0 radical (unpaired) electrons. The highest BCUT2D eigenvalue weighted by Crippen LogP contribution is 2.30. The van der Waals surface area contributed by atoms with E-state index in [1.165, 1.54) is 4.90 Å². The monoisotopic (exact) mass is 244 g/mol. The van der Waals surface area contributed by atoms with Crippen molar-refractivity contribution in [3.05, 3.63) is 0 Å². The summed E-state index contributed by atoms with van der Waals surface area (Å²) in [5.74, 6) is -0.691. The fourth-order valence-electron chi connectivity index (χ4n) is 1.96. The van der Waals surface area contributed by atoms with Crippen LogP contribution in [0.25, 0.3) is 0 Å². The minimum Gasteiger partial charge on any atom is -0.444 e. The molecule has 1 rings (SSSR count). The van der Waals surface area contributed by atoms with Gasteiger partial charge in [-0.15, -0.1) is 0 Å². The van der Waals surface area contributed by atoms with Gasteiger partial charge >= 0.3 is 6.09 Å². The Balaban J connectivity index is 2.89. The van der Waals surface area contributed by atoms with E-state index in [4.69, 9.17) is 10.5 Å². The van der Waals surface area contributed by atoms with E-state index < -0.39 is 29.7 Å². The first-order valence-corrected chi connectivity index (χ1v) is 5.64. The van der Waals surface area contributed by atoms with E-state index in [1.807, 2.05) is 0 Å². The van der Waals surface area contributed by atoms with Crippen LogP contribution >= 0.6 is 0 Å². The van der Waals surface area contributed by atoms with Gasteiger partial charge in [-0.3, -0.25) is 9.69 Å². The molecule has 1 heterocycles. The van der Waals surface area contributed by atoms with Crippen molar-refractivity contribution in [2.45, 2.75) is 44.8 Å². The van der Waals surface area contributed by atoms with E-state index in [9.17, 15) is 14.7 Å².